The molecule has 0 radical (unpaired) electrons. The number of nitrogens with zero attached hydrogens (tertiary/aromatic N) is 1. The molecule has 0 aromatic heterocycles. The van der Waals surface area contributed by atoms with Crippen LogP contribution in [0.3, 0.4) is 0 Å². The van der Waals surface area contributed by atoms with E-state index in [1.54, 1.807) is 6.92 Å². The Hall–Kier alpha value is -1.30. The largest absolute Gasteiger partial charge is 0.462 e. The van der Waals surface area contributed by atoms with E-state index in [0.717, 1.165) is 29.7 Å². The first-order valence-electron chi connectivity index (χ1n) is 7.06. The monoisotopic (exact) mass is 245 g/mol. The molecule has 3 heteroatoms. The summed E-state index contributed by atoms with van der Waals surface area (Å²) in [5, 5.41) is 9.24. The molecule has 0 unspecified atom stereocenters. The number of carbonyl (C=O) groups is 1. The van der Waals surface area contributed by atoms with Gasteiger partial charge in [0.25, 0.3) is 0 Å². The van der Waals surface area contributed by atoms with Gasteiger partial charge in [-0.25, -0.2) is 4.79 Å². The third kappa shape index (κ3) is 1.59. The van der Waals surface area contributed by atoms with E-state index in [0.29, 0.717) is 18.1 Å². The van der Waals surface area contributed by atoms with Crippen molar-refractivity contribution in [2.45, 2.75) is 39.0 Å². The van der Waals surface area contributed by atoms with Crippen LogP contribution in [0.5, 0.6) is 0 Å². The van der Waals surface area contributed by atoms with Gasteiger partial charge < -0.3 is 4.74 Å². The highest BCUT2D eigenvalue weighted by molar-refractivity contribution is 5.94. The average molecular weight is 245 g/mol. The topological polar surface area (TPSA) is 50.1 Å². The number of fused-ring (bicyclic) bond motifs is 5. The number of allylic oxidation sites excluding steroid dienone is 1. The van der Waals surface area contributed by atoms with Crippen LogP contribution in [0.25, 0.3) is 0 Å². The lowest BCUT2D eigenvalue weighted by atomic mass is 9.77. The highest BCUT2D eigenvalue weighted by Gasteiger charge is 2.52. The fourth-order valence-corrected chi connectivity index (χ4v) is 4.59. The molecule has 3 saturated carbocycles. The molecule has 0 spiro atoms. The molecule has 0 aromatic rings. The van der Waals surface area contributed by atoms with Crippen molar-refractivity contribution in [3.63, 3.8) is 0 Å². The lowest BCUT2D eigenvalue weighted by Crippen LogP contribution is -2.21. The standard InChI is InChI=1S/C15H19NO2/c1-2-18-15(17)14(8-16)13-7-9-6-12(13)11-5-3-4-10(9)11/h9-12H,2-7H2,1H3/b14-13+/t9-,10+,11+,12+/m1/s1. The van der Waals surface area contributed by atoms with Crippen molar-refractivity contribution in [3.05, 3.63) is 11.1 Å². The summed E-state index contributed by atoms with van der Waals surface area (Å²) >= 11 is 0. The van der Waals surface area contributed by atoms with Crippen LogP contribution in [0.15, 0.2) is 11.1 Å². The molecule has 18 heavy (non-hydrogen) atoms. The van der Waals surface area contributed by atoms with Crippen LogP contribution in [0, 0.1) is 35.0 Å². The van der Waals surface area contributed by atoms with E-state index in [1.165, 1.54) is 25.7 Å². The summed E-state index contributed by atoms with van der Waals surface area (Å²) in [7, 11) is 0. The smallest absolute Gasteiger partial charge is 0.348 e. The zero-order valence-corrected chi connectivity index (χ0v) is 10.8. The van der Waals surface area contributed by atoms with Gasteiger partial charge in [0.1, 0.15) is 11.6 Å². The van der Waals surface area contributed by atoms with Crippen molar-refractivity contribution >= 4 is 5.97 Å². The molecule has 3 fully saturated rings. The molecule has 0 aromatic carbocycles. The first-order valence-corrected chi connectivity index (χ1v) is 7.06. The molecule has 0 aliphatic heterocycles. The van der Waals surface area contributed by atoms with E-state index in [1.807, 2.05) is 0 Å². The molecule has 3 aliphatic rings. The van der Waals surface area contributed by atoms with Crippen molar-refractivity contribution in [2.75, 3.05) is 6.61 Å². The summed E-state index contributed by atoms with van der Waals surface area (Å²) in [5.74, 6) is 2.45. The molecule has 0 heterocycles. The Morgan fingerprint density at radius 1 is 1.44 bits per heavy atom. The fourth-order valence-electron chi connectivity index (χ4n) is 4.59. The second-order valence-electron chi connectivity index (χ2n) is 5.80. The molecule has 4 atom stereocenters. The van der Waals surface area contributed by atoms with Crippen LogP contribution in [0.4, 0.5) is 0 Å². The maximum atomic E-state index is 11.8. The Bertz CT molecular complexity index is 446. The highest BCUT2D eigenvalue weighted by atomic mass is 16.5. The fraction of sp³-hybridized carbons (Fsp3) is 0.733. The average Bonchev–Trinajstić information content (AvgIpc) is 3.02. The maximum Gasteiger partial charge on any atom is 0.348 e. The van der Waals surface area contributed by atoms with E-state index in [2.05, 4.69) is 6.07 Å². The van der Waals surface area contributed by atoms with Crippen molar-refractivity contribution in [1.29, 1.82) is 5.26 Å². The third-order valence-corrected chi connectivity index (χ3v) is 5.15. The maximum absolute atomic E-state index is 11.8. The number of hydrogen-bond donors (Lipinski definition) is 0. The van der Waals surface area contributed by atoms with Gasteiger partial charge in [-0.3, -0.25) is 0 Å². The Morgan fingerprint density at radius 3 is 2.94 bits per heavy atom. The SMILES string of the molecule is CCOC(=O)/C(C#N)=C1\C[C@H]2C[C@H]1[C@H]1CCC[C@@H]21. The molecule has 3 aliphatic carbocycles. The molecule has 0 amide bonds. The molecule has 3 nitrogen and oxygen atoms in total. The number of rotatable bonds is 2. The van der Waals surface area contributed by atoms with E-state index in [4.69, 9.17) is 4.74 Å². The highest BCUT2D eigenvalue weighted by Crippen LogP contribution is 2.61. The summed E-state index contributed by atoms with van der Waals surface area (Å²) in [5.41, 5.74) is 1.43. The Morgan fingerprint density at radius 2 is 2.22 bits per heavy atom. The second-order valence-corrected chi connectivity index (χ2v) is 5.80. The van der Waals surface area contributed by atoms with Gasteiger partial charge >= 0.3 is 5.97 Å². The Labute approximate surface area is 108 Å². The van der Waals surface area contributed by atoms with Gasteiger partial charge in [0.2, 0.25) is 0 Å². The predicted octanol–water partition coefficient (Wildman–Crippen LogP) is 2.83. The Kier molecular flexibility index (Phi) is 2.89. The van der Waals surface area contributed by atoms with Crippen LogP contribution in [0.2, 0.25) is 0 Å². The summed E-state index contributed by atoms with van der Waals surface area (Å²) < 4.78 is 5.01. The third-order valence-electron chi connectivity index (χ3n) is 5.15. The number of carbonyl (C=O) groups excluding carboxylic acids is 1. The quantitative estimate of drug-likeness (QED) is 0.427. The van der Waals surface area contributed by atoms with Gasteiger partial charge in [-0.15, -0.1) is 0 Å². The van der Waals surface area contributed by atoms with Crippen LogP contribution in [-0.2, 0) is 9.53 Å². The van der Waals surface area contributed by atoms with Gasteiger partial charge in [-0.05, 0) is 61.9 Å². The number of hydrogen-bond acceptors (Lipinski definition) is 3. The lowest BCUT2D eigenvalue weighted by molar-refractivity contribution is -0.138. The van der Waals surface area contributed by atoms with Gasteiger partial charge in [-0.2, -0.15) is 5.26 Å². The van der Waals surface area contributed by atoms with Gasteiger partial charge in [0.15, 0.2) is 0 Å². The molecule has 0 N–H and O–H groups in total. The van der Waals surface area contributed by atoms with Crippen LogP contribution in [-0.4, -0.2) is 12.6 Å². The first-order chi connectivity index (χ1) is 8.76. The van der Waals surface area contributed by atoms with E-state index >= 15 is 0 Å². The minimum absolute atomic E-state index is 0.315. The molecule has 2 bridgehead atoms. The molecular formula is C15H19NO2. The van der Waals surface area contributed by atoms with Gasteiger partial charge in [-0.1, -0.05) is 6.42 Å². The Balaban J connectivity index is 1.89. The van der Waals surface area contributed by atoms with Crippen LogP contribution < -0.4 is 0 Å². The van der Waals surface area contributed by atoms with Crippen LogP contribution >= 0.6 is 0 Å². The first kappa shape index (κ1) is 11.8. The van der Waals surface area contributed by atoms with E-state index < -0.39 is 5.97 Å². The molecule has 0 saturated heterocycles. The normalized spacial score (nSPS) is 39.3. The minimum Gasteiger partial charge on any atom is -0.462 e. The molecule has 3 rings (SSSR count). The predicted molar refractivity (Wildman–Crippen MR) is 66.3 cm³/mol. The minimum atomic E-state index is -0.405. The van der Waals surface area contributed by atoms with E-state index in [-0.39, 0.29) is 0 Å². The summed E-state index contributed by atoms with van der Waals surface area (Å²) in [4.78, 5) is 11.8. The second kappa shape index (κ2) is 4.42. The summed E-state index contributed by atoms with van der Waals surface area (Å²) in [6.45, 7) is 2.13. The van der Waals surface area contributed by atoms with Crippen molar-refractivity contribution in [1.82, 2.24) is 0 Å². The lowest BCUT2D eigenvalue weighted by Gasteiger charge is -2.27. The van der Waals surface area contributed by atoms with Crippen molar-refractivity contribution in [3.8, 4) is 6.07 Å². The summed E-state index contributed by atoms with van der Waals surface area (Å²) in [6, 6.07) is 2.10. The molecular weight excluding hydrogens is 226 g/mol. The van der Waals surface area contributed by atoms with Crippen molar-refractivity contribution in [2.24, 2.45) is 23.7 Å². The van der Waals surface area contributed by atoms with Gasteiger partial charge in [0.05, 0.1) is 6.61 Å². The van der Waals surface area contributed by atoms with Crippen molar-refractivity contribution < 1.29 is 9.53 Å². The number of esters is 1. The van der Waals surface area contributed by atoms with Crippen LogP contribution in [0.1, 0.15) is 39.0 Å². The molecule has 96 valence electrons. The summed E-state index contributed by atoms with van der Waals surface area (Å²) in [6.07, 6.45) is 6.15. The zero-order valence-electron chi connectivity index (χ0n) is 10.8. The number of nitriles is 1. The zero-order chi connectivity index (χ0) is 12.7. The van der Waals surface area contributed by atoms with Gasteiger partial charge in [0, 0.05) is 0 Å². The number of ether oxygens (including phenoxy) is 1. The van der Waals surface area contributed by atoms with E-state index in [9.17, 15) is 10.1 Å².